The monoisotopic (exact) mass is 542 g/mol. The molecule has 1 N–H and O–H groups in total. The molecule has 2 amide bonds. The van der Waals surface area contributed by atoms with Crippen LogP contribution in [0.5, 0.6) is 0 Å². The van der Waals surface area contributed by atoms with Gasteiger partial charge in [0, 0.05) is 5.92 Å². The van der Waals surface area contributed by atoms with Gasteiger partial charge in [0.25, 0.3) is 0 Å². The zero-order valence-corrected chi connectivity index (χ0v) is 23.0. The van der Waals surface area contributed by atoms with Gasteiger partial charge >= 0.3 is 6.09 Å². The van der Waals surface area contributed by atoms with Crippen LogP contribution < -0.4 is 5.32 Å². The molecule has 5 heteroatoms. The summed E-state index contributed by atoms with van der Waals surface area (Å²) in [5.74, 6) is -0.131. The summed E-state index contributed by atoms with van der Waals surface area (Å²) < 4.78 is 6.11. The molecule has 1 heterocycles. The van der Waals surface area contributed by atoms with E-state index in [1.54, 1.807) is 4.90 Å². The molecule has 0 spiro atoms. The average Bonchev–Trinajstić information content (AvgIpc) is 3.61. The number of rotatable bonds is 5. The quantitative estimate of drug-likeness (QED) is 0.287. The van der Waals surface area contributed by atoms with Crippen LogP contribution in [-0.4, -0.2) is 29.5 Å². The average molecular weight is 543 g/mol. The Bertz CT molecular complexity index is 1540. The highest BCUT2D eigenvalue weighted by Gasteiger charge is 2.43. The lowest BCUT2D eigenvalue weighted by molar-refractivity contribution is -0.126. The van der Waals surface area contributed by atoms with E-state index < -0.39 is 12.1 Å². The van der Waals surface area contributed by atoms with E-state index in [-0.39, 0.29) is 30.5 Å². The predicted octanol–water partition coefficient (Wildman–Crippen LogP) is 7.34. The van der Waals surface area contributed by atoms with Gasteiger partial charge in [-0.05, 0) is 71.0 Å². The molecule has 3 atom stereocenters. The number of nitrogens with one attached hydrogen (secondary N) is 1. The van der Waals surface area contributed by atoms with Crippen molar-refractivity contribution in [2.75, 3.05) is 6.61 Å². The lowest BCUT2D eigenvalue weighted by Gasteiger charge is -2.32. The molecule has 1 saturated heterocycles. The zero-order valence-electron chi connectivity index (χ0n) is 23.0. The predicted molar refractivity (Wildman–Crippen MR) is 159 cm³/mol. The summed E-state index contributed by atoms with van der Waals surface area (Å²) in [7, 11) is 0. The number of aryl methyl sites for hydroxylation is 1. The molecule has 7 rings (SSSR count). The first kappa shape index (κ1) is 25.6. The smallest absolute Gasteiger partial charge is 0.411 e. The minimum atomic E-state index is -0.579. The highest BCUT2D eigenvalue weighted by Crippen LogP contribution is 2.45. The Morgan fingerprint density at radius 2 is 1.37 bits per heavy atom. The second kappa shape index (κ2) is 10.9. The Balaban J connectivity index is 1.14. The minimum Gasteiger partial charge on any atom is -0.448 e. The van der Waals surface area contributed by atoms with Gasteiger partial charge in [0.2, 0.25) is 5.91 Å². The van der Waals surface area contributed by atoms with Crippen LogP contribution in [0.4, 0.5) is 4.79 Å². The summed E-state index contributed by atoms with van der Waals surface area (Å²) in [6.45, 7) is 0.231. The van der Waals surface area contributed by atoms with Crippen molar-refractivity contribution in [1.29, 1.82) is 0 Å². The van der Waals surface area contributed by atoms with Crippen molar-refractivity contribution in [3.63, 3.8) is 0 Å². The lowest BCUT2D eigenvalue weighted by atomic mass is 9.87. The fourth-order valence-corrected chi connectivity index (χ4v) is 7.17. The molecule has 0 saturated carbocycles. The van der Waals surface area contributed by atoms with Crippen molar-refractivity contribution >= 4 is 12.0 Å². The number of hydrogen-bond donors (Lipinski definition) is 1. The Hall–Kier alpha value is -4.38. The van der Waals surface area contributed by atoms with Gasteiger partial charge in [0.1, 0.15) is 12.6 Å². The van der Waals surface area contributed by atoms with Gasteiger partial charge in [-0.3, -0.25) is 9.69 Å². The number of carbonyl (C=O) groups excluding carboxylic acids is 2. The summed E-state index contributed by atoms with van der Waals surface area (Å²) >= 11 is 0. The molecule has 0 radical (unpaired) electrons. The Labute approximate surface area is 241 Å². The second-order valence-corrected chi connectivity index (χ2v) is 11.4. The molecule has 0 bridgehead atoms. The molecule has 0 aromatic heterocycles. The summed E-state index contributed by atoms with van der Waals surface area (Å²) in [5, 5.41) is 3.31. The Morgan fingerprint density at radius 3 is 2.10 bits per heavy atom. The van der Waals surface area contributed by atoms with E-state index in [1.807, 2.05) is 60.7 Å². The molecule has 0 unspecified atom stereocenters. The van der Waals surface area contributed by atoms with Crippen molar-refractivity contribution in [2.24, 2.45) is 0 Å². The van der Waals surface area contributed by atoms with Crippen LogP contribution in [0.3, 0.4) is 0 Å². The third-order valence-electron chi connectivity index (χ3n) is 9.10. The SMILES string of the molecule is O=C(N[C@@H]1CCCc2ccccc21)[C@@H]1CC[C@@H](c2ccccc2)N1C(=O)OCC1c2ccccc2-c2ccccc21. The fourth-order valence-electron chi connectivity index (χ4n) is 7.17. The molecular formula is C36H34N2O3. The maximum atomic E-state index is 13.9. The zero-order chi connectivity index (χ0) is 27.8. The third kappa shape index (κ3) is 4.69. The van der Waals surface area contributed by atoms with Gasteiger partial charge in [0.05, 0.1) is 12.1 Å². The van der Waals surface area contributed by atoms with Gasteiger partial charge in [-0.25, -0.2) is 4.79 Å². The van der Waals surface area contributed by atoms with E-state index in [1.165, 1.54) is 33.4 Å². The topological polar surface area (TPSA) is 58.6 Å². The van der Waals surface area contributed by atoms with Crippen LogP contribution >= 0.6 is 0 Å². The number of ether oxygens (including phenoxy) is 1. The first-order valence-corrected chi connectivity index (χ1v) is 14.8. The summed E-state index contributed by atoms with van der Waals surface area (Å²) in [4.78, 5) is 29.5. The first-order valence-electron chi connectivity index (χ1n) is 14.8. The Morgan fingerprint density at radius 1 is 0.732 bits per heavy atom. The molecule has 206 valence electrons. The summed E-state index contributed by atoms with van der Waals surface area (Å²) in [6.07, 6.45) is 3.87. The molecule has 1 aliphatic heterocycles. The van der Waals surface area contributed by atoms with Crippen molar-refractivity contribution in [1.82, 2.24) is 10.2 Å². The van der Waals surface area contributed by atoms with Crippen molar-refractivity contribution in [2.45, 2.75) is 56.1 Å². The number of nitrogens with zero attached hydrogens (tertiary/aromatic N) is 1. The van der Waals surface area contributed by atoms with Crippen molar-refractivity contribution in [3.8, 4) is 11.1 Å². The molecule has 4 aromatic carbocycles. The second-order valence-electron chi connectivity index (χ2n) is 11.4. The highest BCUT2D eigenvalue weighted by molar-refractivity contribution is 5.87. The van der Waals surface area contributed by atoms with Gasteiger partial charge in [-0.1, -0.05) is 103 Å². The minimum absolute atomic E-state index is 0.0323. The number of hydrogen-bond acceptors (Lipinski definition) is 3. The standard InChI is InChI=1S/C36H34N2O3/c39-35(37-32-20-10-14-24-11-4-5-15-26(24)32)34-22-21-33(25-12-2-1-3-13-25)38(34)36(40)41-23-31-29-18-8-6-16-27(29)28-17-7-9-19-30(28)31/h1-9,11-13,15-19,31-34H,10,14,20-23H2,(H,37,39)/t32-,33+,34+/m1/s1. The first-order chi connectivity index (χ1) is 20.2. The normalized spacial score (nSPS) is 21.1. The summed E-state index contributed by atoms with van der Waals surface area (Å²) in [6, 6.07) is 34.2. The maximum Gasteiger partial charge on any atom is 0.411 e. The number of benzene rings is 4. The van der Waals surface area contributed by atoms with E-state index in [0.29, 0.717) is 12.8 Å². The highest BCUT2D eigenvalue weighted by atomic mass is 16.6. The number of amides is 2. The maximum absolute atomic E-state index is 13.9. The van der Waals surface area contributed by atoms with Crippen molar-refractivity contribution < 1.29 is 14.3 Å². The van der Waals surface area contributed by atoms with Crippen molar-refractivity contribution in [3.05, 3.63) is 131 Å². The van der Waals surface area contributed by atoms with Crippen LogP contribution in [0.15, 0.2) is 103 Å². The molecule has 2 aliphatic carbocycles. The van der Waals surface area contributed by atoms with Gasteiger partial charge in [-0.2, -0.15) is 0 Å². The van der Waals surface area contributed by atoms with E-state index in [4.69, 9.17) is 4.74 Å². The molecule has 3 aliphatic rings. The van der Waals surface area contributed by atoms with Crippen LogP contribution in [-0.2, 0) is 16.0 Å². The largest absolute Gasteiger partial charge is 0.448 e. The molecular weight excluding hydrogens is 508 g/mol. The lowest BCUT2D eigenvalue weighted by Crippen LogP contribution is -2.48. The molecule has 41 heavy (non-hydrogen) atoms. The van der Waals surface area contributed by atoms with E-state index >= 15 is 0 Å². The summed E-state index contributed by atoms with van der Waals surface area (Å²) in [5.41, 5.74) is 8.25. The van der Waals surface area contributed by atoms with E-state index in [0.717, 1.165) is 24.8 Å². The molecule has 4 aromatic rings. The van der Waals surface area contributed by atoms with E-state index in [2.05, 4.69) is 47.8 Å². The molecule has 5 nitrogen and oxygen atoms in total. The van der Waals surface area contributed by atoms with Gasteiger partial charge < -0.3 is 10.1 Å². The van der Waals surface area contributed by atoms with Gasteiger partial charge in [0.15, 0.2) is 0 Å². The molecule has 1 fully saturated rings. The fraction of sp³-hybridized carbons (Fsp3) is 0.278. The van der Waals surface area contributed by atoms with Crippen LogP contribution in [0.1, 0.15) is 71.5 Å². The Kier molecular flexibility index (Phi) is 6.79. The number of fused-ring (bicyclic) bond motifs is 4. The van der Waals surface area contributed by atoms with Crippen LogP contribution in [0.2, 0.25) is 0 Å². The van der Waals surface area contributed by atoms with Crippen LogP contribution in [0.25, 0.3) is 11.1 Å². The van der Waals surface area contributed by atoms with Gasteiger partial charge in [-0.15, -0.1) is 0 Å². The van der Waals surface area contributed by atoms with E-state index in [9.17, 15) is 9.59 Å². The number of likely N-dealkylation sites (tertiary alicyclic amines) is 1. The number of carbonyl (C=O) groups is 2. The third-order valence-corrected chi connectivity index (χ3v) is 9.10. The van der Waals surface area contributed by atoms with Crippen LogP contribution in [0, 0.1) is 0 Å².